The van der Waals surface area contributed by atoms with Crippen LogP contribution in [0.1, 0.15) is 29.4 Å². The highest BCUT2D eigenvalue weighted by molar-refractivity contribution is 5.94. The van der Waals surface area contributed by atoms with Crippen molar-refractivity contribution < 1.29 is 14.7 Å². The van der Waals surface area contributed by atoms with Crippen LogP contribution >= 0.6 is 0 Å². The summed E-state index contributed by atoms with van der Waals surface area (Å²) in [4.78, 5) is 24.0. The van der Waals surface area contributed by atoms with Crippen LogP contribution in [0.3, 0.4) is 0 Å². The van der Waals surface area contributed by atoms with Gasteiger partial charge in [0.15, 0.2) is 5.69 Å². The first-order chi connectivity index (χ1) is 10.1. The molecule has 0 aliphatic carbocycles. The van der Waals surface area contributed by atoms with Crippen molar-refractivity contribution in [2.24, 2.45) is 0 Å². The first kappa shape index (κ1) is 15.0. The molecule has 0 spiro atoms. The number of carbonyl (C=O) groups is 2. The van der Waals surface area contributed by atoms with Gasteiger partial charge in [0.1, 0.15) is 6.54 Å². The largest absolute Gasteiger partial charge is 0.480 e. The van der Waals surface area contributed by atoms with Crippen LogP contribution in [-0.4, -0.2) is 63.1 Å². The SMILES string of the molecule is C#CCN(CC(=O)O)C(=O)c1cn(C2CCNCC2)nn1. The predicted molar refractivity (Wildman–Crippen MR) is 73.5 cm³/mol. The number of carbonyl (C=O) groups excluding carboxylic acids is 1. The van der Waals surface area contributed by atoms with E-state index in [9.17, 15) is 9.59 Å². The first-order valence-electron chi connectivity index (χ1n) is 6.69. The second-order valence-electron chi connectivity index (χ2n) is 4.82. The second kappa shape index (κ2) is 6.85. The molecule has 2 N–H and O–H groups in total. The zero-order valence-corrected chi connectivity index (χ0v) is 11.5. The molecule has 2 heterocycles. The standard InChI is InChI=1S/C13H17N5O3/c1-2-7-17(9-12(19)20)13(21)11-8-18(16-15-11)10-3-5-14-6-4-10/h1,8,10,14H,3-7,9H2,(H,19,20). The predicted octanol–water partition coefficient (Wildman–Crippen LogP) is -0.637. The maximum atomic E-state index is 12.2. The van der Waals surface area contributed by atoms with E-state index in [1.165, 1.54) is 0 Å². The van der Waals surface area contributed by atoms with Gasteiger partial charge in [-0.2, -0.15) is 0 Å². The molecular weight excluding hydrogens is 274 g/mol. The van der Waals surface area contributed by atoms with Gasteiger partial charge in [-0.05, 0) is 25.9 Å². The molecule has 0 radical (unpaired) electrons. The zero-order valence-electron chi connectivity index (χ0n) is 11.5. The third-order valence-electron chi connectivity index (χ3n) is 3.31. The Morgan fingerprint density at radius 2 is 2.24 bits per heavy atom. The highest BCUT2D eigenvalue weighted by Crippen LogP contribution is 2.17. The zero-order chi connectivity index (χ0) is 15.2. The Kier molecular flexibility index (Phi) is 4.90. The number of aromatic nitrogens is 3. The smallest absolute Gasteiger partial charge is 0.323 e. The van der Waals surface area contributed by atoms with E-state index in [0.29, 0.717) is 0 Å². The van der Waals surface area contributed by atoms with E-state index in [1.807, 2.05) is 0 Å². The molecule has 0 atom stereocenters. The number of rotatable bonds is 5. The lowest BCUT2D eigenvalue weighted by molar-refractivity contribution is -0.137. The van der Waals surface area contributed by atoms with Crippen LogP contribution in [-0.2, 0) is 4.79 Å². The molecule has 1 aliphatic rings. The number of nitrogens with one attached hydrogen (secondary N) is 1. The first-order valence-corrected chi connectivity index (χ1v) is 6.69. The third kappa shape index (κ3) is 3.79. The van der Waals surface area contributed by atoms with Gasteiger partial charge in [-0.15, -0.1) is 11.5 Å². The number of nitrogens with zero attached hydrogens (tertiary/aromatic N) is 4. The Labute approximate surface area is 122 Å². The summed E-state index contributed by atoms with van der Waals surface area (Å²) >= 11 is 0. The molecule has 21 heavy (non-hydrogen) atoms. The Balaban J connectivity index is 2.09. The molecule has 8 heteroatoms. The maximum absolute atomic E-state index is 12.2. The van der Waals surface area contributed by atoms with Crippen molar-refractivity contribution in [3.8, 4) is 12.3 Å². The number of piperidine rings is 1. The summed E-state index contributed by atoms with van der Waals surface area (Å²) in [6.07, 6.45) is 8.55. The highest BCUT2D eigenvalue weighted by Gasteiger charge is 2.23. The molecule has 0 bridgehead atoms. The topological polar surface area (TPSA) is 100 Å². The van der Waals surface area contributed by atoms with Crippen molar-refractivity contribution in [1.29, 1.82) is 0 Å². The Morgan fingerprint density at radius 3 is 2.86 bits per heavy atom. The van der Waals surface area contributed by atoms with Crippen LogP contribution in [0.4, 0.5) is 0 Å². The number of carboxylic acid groups (broad SMARTS) is 1. The van der Waals surface area contributed by atoms with Crippen molar-refractivity contribution in [1.82, 2.24) is 25.2 Å². The van der Waals surface area contributed by atoms with E-state index in [-0.39, 0.29) is 18.3 Å². The minimum absolute atomic E-state index is 0.0780. The van der Waals surface area contributed by atoms with Gasteiger partial charge >= 0.3 is 5.97 Å². The fourth-order valence-corrected chi connectivity index (χ4v) is 2.26. The number of hydrogen-bond donors (Lipinski definition) is 2. The van der Waals surface area contributed by atoms with Crippen LogP contribution in [0, 0.1) is 12.3 Å². The molecule has 1 aromatic rings. The highest BCUT2D eigenvalue weighted by atomic mass is 16.4. The van der Waals surface area contributed by atoms with Crippen LogP contribution in [0.15, 0.2) is 6.20 Å². The molecular formula is C13H17N5O3. The third-order valence-corrected chi connectivity index (χ3v) is 3.31. The van der Waals surface area contributed by atoms with Crippen molar-refractivity contribution in [3.05, 3.63) is 11.9 Å². The lowest BCUT2D eigenvalue weighted by atomic mass is 10.1. The minimum atomic E-state index is -1.12. The number of carboxylic acids is 1. The number of terminal acetylenes is 1. The molecule has 1 fully saturated rings. The summed E-state index contributed by atoms with van der Waals surface area (Å²) in [5.41, 5.74) is 0.116. The summed E-state index contributed by atoms with van der Waals surface area (Å²) in [6.45, 7) is 1.26. The van der Waals surface area contributed by atoms with E-state index in [1.54, 1.807) is 10.9 Å². The van der Waals surface area contributed by atoms with Crippen LogP contribution in [0.2, 0.25) is 0 Å². The monoisotopic (exact) mass is 291 g/mol. The molecule has 0 unspecified atom stereocenters. The van der Waals surface area contributed by atoms with Gasteiger partial charge in [-0.25, -0.2) is 4.68 Å². The quantitative estimate of drug-likeness (QED) is 0.700. The summed E-state index contributed by atoms with van der Waals surface area (Å²) < 4.78 is 1.67. The number of aliphatic carboxylic acids is 1. The van der Waals surface area contributed by atoms with Gasteiger partial charge in [0.25, 0.3) is 5.91 Å². The fraction of sp³-hybridized carbons (Fsp3) is 0.538. The molecule has 1 aliphatic heterocycles. The number of amides is 1. The lowest BCUT2D eigenvalue weighted by Crippen LogP contribution is -2.36. The van der Waals surface area contributed by atoms with Gasteiger partial charge in [0, 0.05) is 0 Å². The molecule has 2 rings (SSSR count). The average Bonchev–Trinajstić information content (AvgIpc) is 2.96. The lowest BCUT2D eigenvalue weighted by Gasteiger charge is -2.22. The fourth-order valence-electron chi connectivity index (χ4n) is 2.26. The van der Waals surface area contributed by atoms with Gasteiger partial charge in [0.05, 0.1) is 18.8 Å². The number of hydrogen-bond acceptors (Lipinski definition) is 5. The van der Waals surface area contributed by atoms with Crippen LogP contribution < -0.4 is 5.32 Å². The van der Waals surface area contributed by atoms with Gasteiger partial charge < -0.3 is 15.3 Å². The van der Waals surface area contributed by atoms with Crippen molar-refractivity contribution >= 4 is 11.9 Å². The Morgan fingerprint density at radius 1 is 1.52 bits per heavy atom. The minimum Gasteiger partial charge on any atom is -0.480 e. The normalized spacial score (nSPS) is 15.4. The summed E-state index contributed by atoms with van der Waals surface area (Å²) in [6, 6.07) is 0.209. The average molecular weight is 291 g/mol. The van der Waals surface area contributed by atoms with E-state index in [2.05, 4.69) is 21.5 Å². The van der Waals surface area contributed by atoms with Crippen molar-refractivity contribution in [3.63, 3.8) is 0 Å². The molecule has 0 aromatic carbocycles. The van der Waals surface area contributed by atoms with Crippen molar-refractivity contribution in [2.75, 3.05) is 26.2 Å². The van der Waals surface area contributed by atoms with Gasteiger partial charge in [-0.1, -0.05) is 11.1 Å². The Hall–Kier alpha value is -2.40. The van der Waals surface area contributed by atoms with E-state index in [4.69, 9.17) is 11.5 Å². The van der Waals surface area contributed by atoms with Crippen LogP contribution in [0.25, 0.3) is 0 Å². The molecule has 1 aromatic heterocycles. The van der Waals surface area contributed by atoms with Gasteiger partial charge in [0.2, 0.25) is 0 Å². The molecule has 1 saturated heterocycles. The maximum Gasteiger partial charge on any atom is 0.323 e. The van der Waals surface area contributed by atoms with Gasteiger partial charge in [-0.3, -0.25) is 9.59 Å². The van der Waals surface area contributed by atoms with Crippen molar-refractivity contribution in [2.45, 2.75) is 18.9 Å². The Bertz CT molecular complexity index is 556. The van der Waals surface area contributed by atoms with E-state index in [0.717, 1.165) is 30.8 Å². The van der Waals surface area contributed by atoms with E-state index < -0.39 is 18.4 Å². The van der Waals surface area contributed by atoms with Crippen LogP contribution in [0.5, 0.6) is 0 Å². The summed E-state index contributed by atoms with van der Waals surface area (Å²) in [5, 5.41) is 19.9. The second-order valence-corrected chi connectivity index (χ2v) is 4.82. The molecule has 1 amide bonds. The summed E-state index contributed by atoms with van der Waals surface area (Å²) in [5.74, 6) is 0.634. The molecule has 112 valence electrons. The van der Waals surface area contributed by atoms with E-state index >= 15 is 0 Å². The summed E-state index contributed by atoms with van der Waals surface area (Å²) in [7, 11) is 0. The molecule has 8 nitrogen and oxygen atoms in total. The molecule has 0 saturated carbocycles.